The molecule has 0 fully saturated rings. The van der Waals surface area contributed by atoms with Crippen molar-refractivity contribution >= 4 is 23.9 Å². The Kier molecular flexibility index (Phi) is 63.0. The van der Waals surface area contributed by atoms with Gasteiger partial charge in [0, 0.05) is 40.9 Å². The zero-order chi connectivity index (χ0) is 17.7. The molecule has 0 aromatic rings. The number of hydrogen-bond acceptors (Lipinski definition) is 10. The van der Waals surface area contributed by atoms with E-state index < -0.39 is 23.9 Å². The Hall–Kier alpha value is -1.68. The van der Waals surface area contributed by atoms with Gasteiger partial charge in [-0.1, -0.05) is 0 Å². The van der Waals surface area contributed by atoms with Gasteiger partial charge in [0.05, 0.1) is 0 Å². The molecule has 0 aliphatic carbocycles. The molecule has 129 valence electrons. The largest absolute Gasteiger partial charge is 0.550 e. The molecule has 1 radical (unpaired) electrons. The maximum absolute atomic E-state index is 8.89. The number of aliphatic carboxylic acids is 4. The normalized spacial score (nSPS) is 6.19. The molecule has 0 saturated heterocycles. The van der Waals surface area contributed by atoms with Gasteiger partial charge >= 0.3 is 0 Å². The van der Waals surface area contributed by atoms with Crippen LogP contribution in [0.4, 0.5) is 0 Å². The van der Waals surface area contributed by atoms with Gasteiger partial charge in [0.25, 0.3) is 0 Å². The molecule has 0 aromatic carbocycles. The molecule has 0 bridgehead atoms. The summed E-state index contributed by atoms with van der Waals surface area (Å²) in [6.45, 7) is 5.76. The van der Waals surface area contributed by atoms with Gasteiger partial charge in [0.1, 0.15) is 0 Å². The summed E-state index contributed by atoms with van der Waals surface area (Å²) >= 11 is 0. The molecule has 0 aliphatic heterocycles. The Morgan fingerprint density at radius 2 is 0.810 bits per heavy atom. The van der Waals surface area contributed by atoms with E-state index in [1.165, 1.54) is 6.54 Å². The molecule has 0 amide bonds. The van der Waals surface area contributed by atoms with E-state index in [1.807, 2.05) is 0 Å². The van der Waals surface area contributed by atoms with Crippen LogP contribution in [0.1, 0.15) is 27.7 Å². The molecule has 0 spiro atoms. The van der Waals surface area contributed by atoms with Crippen molar-refractivity contribution in [3.63, 3.8) is 0 Å². The maximum atomic E-state index is 8.89. The maximum Gasteiger partial charge on any atom is 0.0383 e. The van der Waals surface area contributed by atoms with Crippen molar-refractivity contribution in [2.45, 2.75) is 27.7 Å². The molecule has 0 unspecified atom stereocenters. The van der Waals surface area contributed by atoms with Crippen LogP contribution in [-0.4, -0.2) is 30.4 Å². The summed E-state index contributed by atoms with van der Waals surface area (Å²) in [5, 5.41) is 35.6. The fourth-order valence-corrected chi connectivity index (χ4v) is 0. The van der Waals surface area contributed by atoms with Crippen LogP contribution in [-0.2, 0) is 36.2 Å². The Morgan fingerprint density at radius 1 is 0.762 bits per heavy atom. The molecule has 0 heterocycles. The van der Waals surface area contributed by atoms with Gasteiger partial charge in [-0.3, -0.25) is 6.54 Å². The van der Waals surface area contributed by atoms with Crippen LogP contribution < -0.4 is 31.9 Å². The first-order valence-corrected chi connectivity index (χ1v) is 4.78. The Labute approximate surface area is 133 Å². The van der Waals surface area contributed by atoms with Gasteiger partial charge in [-0.25, -0.2) is 0 Å². The molecule has 0 aromatic heterocycles. The van der Waals surface area contributed by atoms with Crippen LogP contribution in [0.15, 0.2) is 0 Å². The summed E-state index contributed by atoms with van der Waals surface area (Å²) in [7, 11) is 0. The first-order valence-electron chi connectivity index (χ1n) is 4.78. The predicted molar refractivity (Wildman–Crippen MR) is 60.3 cm³/mol. The monoisotopic (exact) mass is 350 g/mol. The van der Waals surface area contributed by atoms with E-state index in [0.717, 1.165) is 27.7 Å². The summed E-state index contributed by atoms with van der Waals surface area (Å²) in [6, 6.07) is 0. The van der Waals surface area contributed by atoms with Gasteiger partial charge < -0.3 is 51.1 Å². The smallest absolute Gasteiger partial charge is 0.0383 e. The van der Waals surface area contributed by atoms with Crippen LogP contribution in [0.25, 0.3) is 0 Å². The van der Waals surface area contributed by atoms with Crippen molar-refractivity contribution in [3.05, 3.63) is 6.54 Å². The van der Waals surface area contributed by atoms with Gasteiger partial charge in [-0.2, -0.15) is 0 Å². The second kappa shape index (κ2) is 36.2. The number of carbonyl (C=O) groups excluding carboxylic acids is 4. The van der Waals surface area contributed by atoms with Crippen molar-refractivity contribution in [2.24, 2.45) is 11.5 Å². The molecule has 21 heavy (non-hydrogen) atoms. The topological polar surface area (TPSA) is 213 Å². The fourth-order valence-electron chi connectivity index (χ4n) is 0. The Morgan fingerprint density at radius 3 is 0.810 bits per heavy atom. The minimum atomic E-state index is -1.08. The summed E-state index contributed by atoms with van der Waals surface area (Å²) in [6.07, 6.45) is 0. The molecule has 10 nitrogen and oxygen atoms in total. The quantitative estimate of drug-likeness (QED) is 0.337. The third-order valence-corrected chi connectivity index (χ3v) is 0.136. The number of hydrogen-bond donors (Lipinski definition) is 2. The molecule has 0 saturated carbocycles. The van der Waals surface area contributed by atoms with Crippen molar-refractivity contribution in [1.82, 2.24) is 0 Å². The first-order chi connectivity index (χ1) is 8.84. The van der Waals surface area contributed by atoms with Crippen molar-refractivity contribution in [3.8, 4) is 0 Å². The number of nitrogens with two attached hydrogens (primary N) is 2. The molecule has 0 rings (SSSR count). The Bertz CT molecular complexity index is 195. The van der Waals surface area contributed by atoms with Gasteiger partial charge in [0.15, 0.2) is 0 Å². The van der Waals surface area contributed by atoms with Gasteiger partial charge in [-0.15, -0.1) is 6.54 Å². The van der Waals surface area contributed by atoms with Crippen LogP contribution >= 0.6 is 0 Å². The van der Waals surface area contributed by atoms with E-state index in [9.17, 15) is 0 Å². The van der Waals surface area contributed by atoms with E-state index in [4.69, 9.17) is 51.1 Å². The minimum Gasteiger partial charge on any atom is -0.550 e. The fraction of sp³-hybridized carbons (Fsp3) is 0.500. The predicted octanol–water partition coefficient (Wildman–Crippen LogP) is -5.91. The van der Waals surface area contributed by atoms with Crippen molar-refractivity contribution in [2.75, 3.05) is 6.54 Å². The van der Waals surface area contributed by atoms with Crippen molar-refractivity contribution < 1.29 is 56.7 Å². The van der Waals surface area contributed by atoms with E-state index >= 15 is 0 Å². The third-order valence-electron chi connectivity index (χ3n) is 0.136. The van der Waals surface area contributed by atoms with E-state index in [0.29, 0.717) is 6.54 Å². The molecule has 4 N–H and O–H groups in total. The summed E-state index contributed by atoms with van der Waals surface area (Å²) < 4.78 is 0. The Balaban J connectivity index is -0.0000000331. The minimum absolute atomic E-state index is 0. The van der Waals surface area contributed by atoms with Crippen LogP contribution in [0, 0.1) is 6.54 Å². The molecular weight excluding hydrogens is 331 g/mol. The molecule has 0 aliphatic rings. The second-order valence-corrected chi connectivity index (χ2v) is 2.44. The van der Waals surface area contributed by atoms with Crippen molar-refractivity contribution in [1.29, 1.82) is 0 Å². The molecular formula is C10H19MnN2O8-5. The standard InChI is InChI=1S/C2H7N2.4C2H4O2.Mn/c3-1-2-4;4*1-2(3)4;/h1H,2-4H2;4*1H3,(H,3,4);/q-1;;;;;/p-4. The van der Waals surface area contributed by atoms with Gasteiger partial charge in [0.2, 0.25) is 0 Å². The van der Waals surface area contributed by atoms with Crippen LogP contribution in [0.2, 0.25) is 0 Å². The van der Waals surface area contributed by atoms with E-state index in [2.05, 4.69) is 0 Å². The average Bonchev–Trinajstić information content (AvgIpc) is 2.13. The summed E-state index contributed by atoms with van der Waals surface area (Å²) in [5.41, 5.74) is 9.62. The first kappa shape index (κ1) is 36.5. The number of carboxylic acids is 4. The van der Waals surface area contributed by atoms with E-state index in [-0.39, 0.29) is 17.1 Å². The van der Waals surface area contributed by atoms with Crippen LogP contribution in [0.5, 0.6) is 0 Å². The summed E-state index contributed by atoms with van der Waals surface area (Å²) in [4.78, 5) is 35.6. The molecule has 11 heteroatoms. The zero-order valence-corrected chi connectivity index (χ0v) is 13.3. The zero-order valence-electron chi connectivity index (χ0n) is 12.1. The number of carboxylic acid groups (broad SMARTS) is 4. The van der Waals surface area contributed by atoms with Gasteiger partial charge in [-0.05, 0) is 27.7 Å². The SMILES string of the molecule is CC(=O)[O-].CC(=O)[O-].CC(=O)[O-].CC(=O)[O-].N[CH-]CN.[Mn]. The summed E-state index contributed by atoms with van der Waals surface area (Å²) in [5.74, 6) is -4.33. The van der Waals surface area contributed by atoms with Crippen LogP contribution in [0.3, 0.4) is 0 Å². The van der Waals surface area contributed by atoms with E-state index in [1.54, 1.807) is 0 Å². The second-order valence-electron chi connectivity index (χ2n) is 2.44. The third kappa shape index (κ3) is 10500. The molecule has 0 atom stereocenters. The number of carbonyl (C=O) groups is 4. The number of rotatable bonds is 1. The average molecular weight is 350 g/mol.